The molecule has 0 aliphatic heterocycles. The zero-order valence-corrected chi connectivity index (χ0v) is 8.13. The van der Waals surface area contributed by atoms with Gasteiger partial charge in [-0.15, -0.1) is 0 Å². The molecule has 0 bridgehead atoms. The highest BCUT2D eigenvalue weighted by molar-refractivity contribution is 5.74. The Kier molecular flexibility index (Phi) is 3.65. The SMILES string of the molecule is NC(=O)CC(O)C(O)c1cccc(N)c1. The Balaban J connectivity index is 2.75. The Hall–Kier alpha value is -1.59. The van der Waals surface area contributed by atoms with Gasteiger partial charge < -0.3 is 21.7 Å². The first-order valence-electron chi connectivity index (χ1n) is 4.50. The van der Waals surface area contributed by atoms with Crippen molar-refractivity contribution in [2.24, 2.45) is 5.73 Å². The Morgan fingerprint density at radius 3 is 2.60 bits per heavy atom. The number of rotatable bonds is 4. The van der Waals surface area contributed by atoms with Crippen molar-refractivity contribution in [3.8, 4) is 0 Å². The zero-order chi connectivity index (χ0) is 11.4. The number of benzene rings is 1. The molecule has 1 amide bonds. The highest BCUT2D eigenvalue weighted by Crippen LogP contribution is 2.20. The average Bonchev–Trinajstić information content (AvgIpc) is 2.15. The van der Waals surface area contributed by atoms with Gasteiger partial charge in [0, 0.05) is 5.69 Å². The topological polar surface area (TPSA) is 110 Å². The van der Waals surface area contributed by atoms with Gasteiger partial charge in [0.05, 0.1) is 12.5 Å². The molecular formula is C10H14N2O3. The molecular weight excluding hydrogens is 196 g/mol. The predicted molar refractivity (Wildman–Crippen MR) is 55.6 cm³/mol. The van der Waals surface area contributed by atoms with Gasteiger partial charge in [0.25, 0.3) is 0 Å². The first-order valence-corrected chi connectivity index (χ1v) is 4.50. The number of carbonyl (C=O) groups excluding carboxylic acids is 1. The normalized spacial score (nSPS) is 14.5. The van der Waals surface area contributed by atoms with Gasteiger partial charge in [-0.1, -0.05) is 12.1 Å². The summed E-state index contributed by atoms with van der Waals surface area (Å²) in [4.78, 5) is 10.5. The van der Waals surface area contributed by atoms with E-state index in [0.717, 1.165) is 0 Å². The van der Waals surface area contributed by atoms with E-state index in [2.05, 4.69) is 0 Å². The Morgan fingerprint density at radius 1 is 1.40 bits per heavy atom. The number of nitrogen functional groups attached to an aromatic ring is 1. The van der Waals surface area contributed by atoms with E-state index in [0.29, 0.717) is 11.3 Å². The van der Waals surface area contributed by atoms with Gasteiger partial charge in [-0.2, -0.15) is 0 Å². The lowest BCUT2D eigenvalue weighted by Crippen LogP contribution is -2.25. The second-order valence-electron chi connectivity index (χ2n) is 3.35. The molecule has 6 N–H and O–H groups in total. The number of aliphatic hydroxyl groups excluding tert-OH is 2. The largest absolute Gasteiger partial charge is 0.399 e. The van der Waals surface area contributed by atoms with Gasteiger partial charge in [0.15, 0.2) is 0 Å². The van der Waals surface area contributed by atoms with E-state index >= 15 is 0 Å². The number of hydrogen-bond acceptors (Lipinski definition) is 4. The van der Waals surface area contributed by atoms with Gasteiger partial charge in [0.2, 0.25) is 5.91 Å². The molecule has 2 unspecified atom stereocenters. The number of anilines is 1. The molecule has 1 aromatic rings. The van der Waals surface area contributed by atoms with Gasteiger partial charge in [0.1, 0.15) is 6.10 Å². The number of amides is 1. The lowest BCUT2D eigenvalue weighted by molar-refractivity contribution is -0.121. The molecule has 82 valence electrons. The lowest BCUT2D eigenvalue weighted by Gasteiger charge is -2.16. The van der Waals surface area contributed by atoms with E-state index in [9.17, 15) is 15.0 Å². The van der Waals surface area contributed by atoms with Gasteiger partial charge >= 0.3 is 0 Å². The van der Waals surface area contributed by atoms with Gasteiger partial charge in [-0.05, 0) is 17.7 Å². The Bertz CT molecular complexity index is 354. The van der Waals surface area contributed by atoms with E-state index in [1.54, 1.807) is 18.2 Å². The summed E-state index contributed by atoms with van der Waals surface area (Å²) in [5, 5.41) is 19.1. The molecule has 0 saturated heterocycles. The second-order valence-corrected chi connectivity index (χ2v) is 3.35. The van der Waals surface area contributed by atoms with Crippen LogP contribution in [0.25, 0.3) is 0 Å². The van der Waals surface area contributed by atoms with Crippen LogP contribution in [0.15, 0.2) is 24.3 Å². The van der Waals surface area contributed by atoms with Crippen LogP contribution in [-0.4, -0.2) is 22.2 Å². The third kappa shape index (κ3) is 3.23. The van der Waals surface area contributed by atoms with Crippen LogP contribution in [0, 0.1) is 0 Å². The molecule has 1 aromatic carbocycles. The molecule has 5 nitrogen and oxygen atoms in total. The van der Waals surface area contributed by atoms with E-state index in [1.165, 1.54) is 6.07 Å². The van der Waals surface area contributed by atoms with Crippen LogP contribution < -0.4 is 11.5 Å². The first kappa shape index (κ1) is 11.5. The molecule has 0 fully saturated rings. The molecule has 15 heavy (non-hydrogen) atoms. The molecule has 0 radical (unpaired) electrons. The third-order valence-corrected chi connectivity index (χ3v) is 2.03. The lowest BCUT2D eigenvalue weighted by atomic mass is 10.0. The van der Waals surface area contributed by atoms with E-state index in [1.807, 2.05) is 0 Å². The van der Waals surface area contributed by atoms with Crippen LogP contribution in [0.1, 0.15) is 18.1 Å². The van der Waals surface area contributed by atoms with Crippen molar-refractivity contribution in [3.05, 3.63) is 29.8 Å². The van der Waals surface area contributed by atoms with Crippen LogP contribution >= 0.6 is 0 Å². The van der Waals surface area contributed by atoms with Crippen LogP contribution in [0.5, 0.6) is 0 Å². The Labute approximate surface area is 87.3 Å². The van der Waals surface area contributed by atoms with Gasteiger partial charge in [-0.25, -0.2) is 0 Å². The fourth-order valence-corrected chi connectivity index (χ4v) is 1.28. The first-order chi connectivity index (χ1) is 7.00. The van der Waals surface area contributed by atoms with Crippen LogP contribution in [0.3, 0.4) is 0 Å². The molecule has 0 saturated carbocycles. The van der Waals surface area contributed by atoms with Crippen LogP contribution in [0.2, 0.25) is 0 Å². The fraction of sp³-hybridized carbons (Fsp3) is 0.300. The van der Waals surface area contributed by atoms with Crippen molar-refractivity contribution in [3.63, 3.8) is 0 Å². The maximum Gasteiger partial charge on any atom is 0.220 e. The summed E-state index contributed by atoms with van der Waals surface area (Å²) in [6, 6.07) is 6.47. The highest BCUT2D eigenvalue weighted by Gasteiger charge is 2.20. The van der Waals surface area contributed by atoms with Crippen LogP contribution in [-0.2, 0) is 4.79 Å². The highest BCUT2D eigenvalue weighted by atomic mass is 16.3. The van der Waals surface area contributed by atoms with Gasteiger partial charge in [-0.3, -0.25) is 4.79 Å². The summed E-state index contributed by atoms with van der Waals surface area (Å²) >= 11 is 0. The summed E-state index contributed by atoms with van der Waals surface area (Å²) in [6.07, 6.45) is -2.64. The molecule has 0 aliphatic carbocycles. The monoisotopic (exact) mass is 210 g/mol. The van der Waals surface area contributed by atoms with E-state index in [-0.39, 0.29) is 6.42 Å². The molecule has 0 spiro atoms. The molecule has 2 atom stereocenters. The maximum absolute atomic E-state index is 10.5. The number of aliphatic hydroxyl groups is 2. The van der Waals surface area contributed by atoms with Crippen molar-refractivity contribution in [2.45, 2.75) is 18.6 Å². The predicted octanol–water partition coefficient (Wildman–Crippen LogP) is -0.462. The van der Waals surface area contributed by atoms with Crippen molar-refractivity contribution in [2.75, 3.05) is 5.73 Å². The van der Waals surface area contributed by atoms with E-state index < -0.39 is 18.1 Å². The second kappa shape index (κ2) is 4.77. The minimum absolute atomic E-state index is 0.282. The number of nitrogens with two attached hydrogens (primary N) is 2. The average molecular weight is 210 g/mol. The Morgan fingerprint density at radius 2 is 2.07 bits per heavy atom. The third-order valence-electron chi connectivity index (χ3n) is 2.03. The maximum atomic E-state index is 10.5. The minimum atomic E-state index is -1.20. The molecule has 0 aromatic heterocycles. The quantitative estimate of drug-likeness (QED) is 0.504. The summed E-state index contributed by atoms with van der Waals surface area (Å²) in [6.45, 7) is 0. The summed E-state index contributed by atoms with van der Waals surface area (Å²) < 4.78 is 0. The van der Waals surface area contributed by atoms with E-state index in [4.69, 9.17) is 11.5 Å². The van der Waals surface area contributed by atoms with Crippen molar-refractivity contribution >= 4 is 11.6 Å². The molecule has 1 rings (SSSR count). The number of carbonyl (C=O) groups is 1. The van der Waals surface area contributed by atoms with Crippen molar-refractivity contribution < 1.29 is 15.0 Å². The molecule has 0 aliphatic rings. The minimum Gasteiger partial charge on any atom is -0.399 e. The summed E-state index contributed by atoms with van der Waals surface area (Å²) in [5.41, 5.74) is 11.4. The smallest absolute Gasteiger partial charge is 0.220 e. The number of primary amides is 1. The fourth-order valence-electron chi connectivity index (χ4n) is 1.28. The van der Waals surface area contributed by atoms with Crippen LogP contribution in [0.4, 0.5) is 5.69 Å². The summed E-state index contributed by atoms with van der Waals surface area (Å²) in [5.74, 6) is -0.662. The zero-order valence-electron chi connectivity index (χ0n) is 8.13. The molecule has 5 heteroatoms. The van der Waals surface area contributed by atoms with Crippen molar-refractivity contribution in [1.29, 1.82) is 0 Å². The number of hydrogen-bond donors (Lipinski definition) is 4. The summed E-state index contributed by atoms with van der Waals surface area (Å²) in [7, 11) is 0. The molecule has 0 heterocycles. The standard InChI is InChI=1S/C10H14N2O3/c11-7-3-1-2-6(4-7)10(15)8(13)5-9(12)14/h1-4,8,10,13,15H,5,11H2,(H2,12,14). The van der Waals surface area contributed by atoms with Crippen molar-refractivity contribution in [1.82, 2.24) is 0 Å².